The van der Waals surface area contributed by atoms with Crippen molar-refractivity contribution in [3.05, 3.63) is 65.9 Å². The standard InChI is InChI=1S/C20H18N2O2S/c1-13-18(14(2)23)19(15-8-7-9-16(12-15)24-3)22-20(21-13)25-17-10-5-4-6-11-17/h4-12H,1-3H3. The van der Waals surface area contributed by atoms with Gasteiger partial charge in [0.05, 0.1) is 24.1 Å². The Morgan fingerprint density at radius 1 is 1.04 bits per heavy atom. The Morgan fingerprint density at radius 2 is 1.80 bits per heavy atom. The highest BCUT2D eigenvalue weighted by Crippen LogP contribution is 2.31. The zero-order valence-corrected chi connectivity index (χ0v) is 15.1. The summed E-state index contributed by atoms with van der Waals surface area (Å²) in [5, 5.41) is 0.617. The molecule has 0 aliphatic carbocycles. The van der Waals surface area contributed by atoms with Gasteiger partial charge in [0.15, 0.2) is 10.9 Å². The van der Waals surface area contributed by atoms with Gasteiger partial charge in [-0.05, 0) is 49.9 Å². The van der Waals surface area contributed by atoms with Crippen molar-refractivity contribution in [2.45, 2.75) is 23.9 Å². The topological polar surface area (TPSA) is 52.1 Å². The molecule has 0 saturated heterocycles. The summed E-state index contributed by atoms with van der Waals surface area (Å²) in [6.45, 7) is 3.39. The van der Waals surface area contributed by atoms with Gasteiger partial charge in [-0.25, -0.2) is 9.97 Å². The first kappa shape index (κ1) is 17.2. The Balaban J connectivity index is 2.12. The molecule has 0 radical (unpaired) electrons. The molecule has 4 nitrogen and oxygen atoms in total. The zero-order chi connectivity index (χ0) is 17.8. The van der Waals surface area contributed by atoms with Gasteiger partial charge in [0.1, 0.15) is 5.75 Å². The second-order valence-electron chi connectivity index (χ2n) is 5.52. The van der Waals surface area contributed by atoms with E-state index < -0.39 is 0 Å². The second kappa shape index (κ2) is 7.49. The lowest BCUT2D eigenvalue weighted by atomic mass is 10.0. The molecule has 5 heteroatoms. The average molecular weight is 350 g/mol. The van der Waals surface area contributed by atoms with Gasteiger partial charge < -0.3 is 4.74 Å². The molecule has 0 bridgehead atoms. The number of benzene rings is 2. The van der Waals surface area contributed by atoms with Crippen molar-refractivity contribution < 1.29 is 9.53 Å². The molecule has 126 valence electrons. The van der Waals surface area contributed by atoms with Crippen LogP contribution in [0.25, 0.3) is 11.3 Å². The SMILES string of the molecule is COc1cccc(-c2nc(Sc3ccccc3)nc(C)c2C(C)=O)c1. The van der Waals surface area contributed by atoms with Crippen LogP contribution in [0.1, 0.15) is 23.0 Å². The number of carbonyl (C=O) groups excluding carboxylic acids is 1. The zero-order valence-electron chi connectivity index (χ0n) is 14.3. The molecule has 3 aromatic rings. The smallest absolute Gasteiger partial charge is 0.193 e. The van der Waals surface area contributed by atoms with Crippen LogP contribution >= 0.6 is 11.8 Å². The van der Waals surface area contributed by atoms with Crippen LogP contribution in [-0.2, 0) is 0 Å². The van der Waals surface area contributed by atoms with Crippen molar-refractivity contribution in [1.82, 2.24) is 9.97 Å². The number of nitrogens with zero attached hydrogens (tertiary/aromatic N) is 2. The van der Waals surface area contributed by atoms with Crippen molar-refractivity contribution in [3.63, 3.8) is 0 Å². The minimum absolute atomic E-state index is 0.0495. The van der Waals surface area contributed by atoms with E-state index in [4.69, 9.17) is 4.74 Å². The number of methoxy groups -OCH3 is 1. The number of hydrogen-bond acceptors (Lipinski definition) is 5. The molecule has 2 aromatic carbocycles. The molecule has 0 saturated carbocycles. The Bertz CT molecular complexity index is 911. The molecule has 0 fully saturated rings. The van der Waals surface area contributed by atoms with E-state index in [1.807, 2.05) is 61.5 Å². The van der Waals surface area contributed by atoms with E-state index in [-0.39, 0.29) is 5.78 Å². The molecule has 0 atom stereocenters. The highest BCUT2D eigenvalue weighted by atomic mass is 32.2. The third-order valence-corrected chi connectivity index (χ3v) is 4.59. The summed E-state index contributed by atoms with van der Waals surface area (Å²) < 4.78 is 5.30. The minimum atomic E-state index is -0.0495. The monoisotopic (exact) mass is 350 g/mol. The molecule has 3 rings (SSSR count). The van der Waals surface area contributed by atoms with Gasteiger partial charge in [0.2, 0.25) is 0 Å². The summed E-state index contributed by atoms with van der Waals surface area (Å²) in [4.78, 5) is 22.4. The maximum absolute atomic E-state index is 12.2. The second-order valence-corrected chi connectivity index (χ2v) is 6.56. The van der Waals surface area contributed by atoms with Crippen molar-refractivity contribution in [2.24, 2.45) is 0 Å². The molecule has 0 aliphatic heterocycles. The normalized spacial score (nSPS) is 10.5. The van der Waals surface area contributed by atoms with Crippen LogP contribution in [0.3, 0.4) is 0 Å². The summed E-state index contributed by atoms with van der Waals surface area (Å²) >= 11 is 1.48. The Morgan fingerprint density at radius 3 is 2.48 bits per heavy atom. The van der Waals surface area contributed by atoms with Gasteiger partial charge in [-0.2, -0.15) is 0 Å². The lowest BCUT2D eigenvalue weighted by molar-refractivity contribution is 0.101. The first-order valence-corrected chi connectivity index (χ1v) is 8.67. The van der Waals surface area contributed by atoms with E-state index in [0.717, 1.165) is 16.2 Å². The molecule has 0 spiro atoms. The largest absolute Gasteiger partial charge is 0.497 e. The molecule has 0 N–H and O–H groups in total. The molecule has 0 unspecified atom stereocenters. The van der Waals surface area contributed by atoms with Crippen LogP contribution in [0.4, 0.5) is 0 Å². The van der Waals surface area contributed by atoms with Gasteiger partial charge in [-0.3, -0.25) is 4.79 Å². The van der Waals surface area contributed by atoms with Crippen LogP contribution < -0.4 is 4.74 Å². The van der Waals surface area contributed by atoms with E-state index in [1.54, 1.807) is 14.0 Å². The molecule has 0 amide bonds. The maximum Gasteiger partial charge on any atom is 0.193 e. The van der Waals surface area contributed by atoms with Crippen molar-refractivity contribution >= 4 is 17.5 Å². The van der Waals surface area contributed by atoms with E-state index in [9.17, 15) is 4.79 Å². The lowest BCUT2D eigenvalue weighted by Gasteiger charge is -2.12. The van der Waals surface area contributed by atoms with E-state index in [2.05, 4.69) is 9.97 Å². The fraction of sp³-hybridized carbons (Fsp3) is 0.150. The van der Waals surface area contributed by atoms with Crippen LogP contribution in [0.5, 0.6) is 5.75 Å². The van der Waals surface area contributed by atoms with Gasteiger partial charge in [-0.1, -0.05) is 30.3 Å². The van der Waals surface area contributed by atoms with E-state index in [1.165, 1.54) is 11.8 Å². The minimum Gasteiger partial charge on any atom is -0.497 e. The number of carbonyl (C=O) groups is 1. The molecule has 1 heterocycles. The Kier molecular flexibility index (Phi) is 5.14. The summed E-state index contributed by atoms with van der Waals surface area (Å²) in [5.41, 5.74) is 2.70. The van der Waals surface area contributed by atoms with Crippen molar-refractivity contribution in [2.75, 3.05) is 7.11 Å². The summed E-state index contributed by atoms with van der Waals surface area (Å²) in [5.74, 6) is 0.673. The van der Waals surface area contributed by atoms with Crippen LogP contribution in [-0.4, -0.2) is 22.9 Å². The molecule has 0 aliphatic rings. The highest BCUT2D eigenvalue weighted by Gasteiger charge is 2.18. The van der Waals surface area contributed by atoms with Crippen LogP contribution in [0.15, 0.2) is 64.6 Å². The Labute approximate surface area is 151 Å². The number of aromatic nitrogens is 2. The first-order chi connectivity index (χ1) is 12.1. The third kappa shape index (κ3) is 3.88. The molecular weight excluding hydrogens is 332 g/mol. The number of Topliss-reactive ketones (excluding diaryl/α,β-unsaturated/α-hetero) is 1. The number of aryl methyl sites for hydroxylation is 1. The first-order valence-electron chi connectivity index (χ1n) is 7.85. The highest BCUT2D eigenvalue weighted by molar-refractivity contribution is 7.99. The predicted octanol–water partition coefficient (Wildman–Crippen LogP) is 4.81. The van der Waals surface area contributed by atoms with E-state index >= 15 is 0 Å². The van der Waals surface area contributed by atoms with Crippen LogP contribution in [0, 0.1) is 6.92 Å². The summed E-state index contributed by atoms with van der Waals surface area (Å²) in [6, 6.07) is 17.5. The maximum atomic E-state index is 12.2. The lowest BCUT2D eigenvalue weighted by Crippen LogP contribution is -2.06. The van der Waals surface area contributed by atoms with Gasteiger partial charge in [-0.15, -0.1) is 0 Å². The Hall–Kier alpha value is -2.66. The number of hydrogen-bond donors (Lipinski definition) is 0. The average Bonchev–Trinajstić information content (AvgIpc) is 2.61. The molecule has 1 aromatic heterocycles. The summed E-state index contributed by atoms with van der Waals surface area (Å²) in [7, 11) is 1.62. The number of rotatable bonds is 5. The third-order valence-electron chi connectivity index (χ3n) is 3.72. The van der Waals surface area contributed by atoms with Crippen LogP contribution in [0.2, 0.25) is 0 Å². The van der Waals surface area contributed by atoms with E-state index in [0.29, 0.717) is 22.1 Å². The number of ether oxygens (including phenoxy) is 1. The van der Waals surface area contributed by atoms with Crippen molar-refractivity contribution in [1.29, 1.82) is 0 Å². The number of ketones is 1. The fourth-order valence-corrected chi connectivity index (χ4v) is 3.41. The van der Waals surface area contributed by atoms with Crippen molar-refractivity contribution in [3.8, 4) is 17.0 Å². The molecule has 25 heavy (non-hydrogen) atoms. The fourth-order valence-electron chi connectivity index (χ4n) is 2.59. The van der Waals surface area contributed by atoms with Gasteiger partial charge in [0, 0.05) is 10.5 Å². The van der Waals surface area contributed by atoms with Gasteiger partial charge in [0.25, 0.3) is 0 Å². The quantitative estimate of drug-likeness (QED) is 0.488. The van der Waals surface area contributed by atoms with Gasteiger partial charge >= 0.3 is 0 Å². The summed E-state index contributed by atoms with van der Waals surface area (Å²) in [6.07, 6.45) is 0. The predicted molar refractivity (Wildman–Crippen MR) is 99.3 cm³/mol. The molecular formula is C20H18N2O2S.